The maximum atomic E-state index is 8.31. The second kappa shape index (κ2) is 3.99. The highest BCUT2D eigenvalue weighted by molar-refractivity contribution is 7.09. The highest BCUT2D eigenvalue weighted by Crippen LogP contribution is 2.10. The monoisotopic (exact) mass is 166 g/mol. The van der Waals surface area contributed by atoms with Crippen LogP contribution < -0.4 is 5.32 Å². The lowest BCUT2D eigenvalue weighted by Crippen LogP contribution is -2.22. The van der Waals surface area contributed by atoms with Gasteiger partial charge in [-0.1, -0.05) is 6.07 Å². The minimum atomic E-state index is 0.249. The van der Waals surface area contributed by atoms with Crippen molar-refractivity contribution >= 4 is 11.3 Å². The quantitative estimate of drug-likeness (QED) is 0.548. The van der Waals surface area contributed by atoms with E-state index in [4.69, 9.17) is 5.26 Å². The Morgan fingerprint density at radius 2 is 2.64 bits per heavy atom. The highest BCUT2D eigenvalue weighted by atomic mass is 32.1. The summed E-state index contributed by atoms with van der Waals surface area (Å²) in [5.41, 5.74) is 0. The van der Waals surface area contributed by atoms with Crippen LogP contribution in [0.4, 0.5) is 0 Å². The Bertz CT molecular complexity index is 235. The molecule has 1 N–H and O–H groups in total. The van der Waals surface area contributed by atoms with E-state index in [9.17, 15) is 0 Å². The number of thiophene rings is 1. The second-order valence-corrected chi connectivity index (χ2v) is 3.47. The van der Waals surface area contributed by atoms with E-state index in [-0.39, 0.29) is 6.04 Å². The van der Waals surface area contributed by atoms with E-state index in [0.717, 1.165) is 6.42 Å². The molecule has 2 nitrogen and oxygen atoms in total. The molecular formula is C8H10N2S. The minimum Gasteiger partial charge on any atom is -0.321 e. The Morgan fingerprint density at radius 3 is 3.18 bits per heavy atom. The van der Waals surface area contributed by atoms with Gasteiger partial charge in [0.05, 0.1) is 0 Å². The summed E-state index contributed by atoms with van der Waals surface area (Å²) in [6, 6.07) is 4.36. The zero-order chi connectivity index (χ0) is 8.10. The molecule has 3 heteroatoms. The van der Waals surface area contributed by atoms with Crippen molar-refractivity contribution in [2.24, 2.45) is 0 Å². The summed E-state index contributed by atoms with van der Waals surface area (Å²) in [5.74, 6) is 0. The number of nitrogens with one attached hydrogen (secondary N) is 1. The fourth-order valence-electron chi connectivity index (χ4n) is 0.892. The molecule has 1 aromatic heterocycles. The van der Waals surface area contributed by atoms with Gasteiger partial charge in [0.15, 0.2) is 6.19 Å². The maximum Gasteiger partial charge on any atom is 0.176 e. The number of hydrogen-bond acceptors (Lipinski definition) is 3. The summed E-state index contributed by atoms with van der Waals surface area (Å²) >= 11 is 1.73. The molecule has 0 saturated heterocycles. The number of hydrogen-bond donors (Lipinski definition) is 1. The summed E-state index contributed by atoms with van der Waals surface area (Å²) in [6.45, 7) is 2.00. The summed E-state index contributed by atoms with van der Waals surface area (Å²) in [7, 11) is 0. The molecule has 0 amide bonds. The Labute approximate surface area is 70.5 Å². The van der Waals surface area contributed by atoms with Crippen LogP contribution in [0.1, 0.15) is 11.8 Å². The van der Waals surface area contributed by atoms with Crippen molar-refractivity contribution in [2.75, 3.05) is 0 Å². The molecule has 0 fully saturated rings. The number of nitrogens with zero attached hydrogens (tertiary/aromatic N) is 1. The van der Waals surface area contributed by atoms with Gasteiger partial charge in [0, 0.05) is 17.3 Å². The van der Waals surface area contributed by atoms with Crippen molar-refractivity contribution in [2.45, 2.75) is 19.4 Å². The molecule has 0 aliphatic heterocycles. The predicted molar refractivity (Wildman–Crippen MR) is 46.2 cm³/mol. The van der Waals surface area contributed by atoms with Crippen LogP contribution in [0.2, 0.25) is 0 Å². The topological polar surface area (TPSA) is 35.8 Å². The van der Waals surface area contributed by atoms with Crippen LogP contribution in [0, 0.1) is 11.5 Å². The van der Waals surface area contributed by atoms with Gasteiger partial charge in [-0.15, -0.1) is 11.3 Å². The average Bonchev–Trinajstić information content (AvgIpc) is 2.40. The zero-order valence-corrected chi connectivity index (χ0v) is 7.19. The molecule has 0 saturated carbocycles. The van der Waals surface area contributed by atoms with E-state index < -0.39 is 0 Å². The van der Waals surface area contributed by atoms with Crippen molar-refractivity contribution in [3.05, 3.63) is 22.4 Å². The minimum absolute atomic E-state index is 0.249. The standard InChI is InChI=1S/C8H10N2S/c1-7(10-6-9)5-8-3-2-4-11-8/h2-4,7,10H,5H2,1H3. The summed E-state index contributed by atoms with van der Waals surface area (Å²) in [5, 5.41) is 13.1. The maximum absolute atomic E-state index is 8.31. The molecule has 11 heavy (non-hydrogen) atoms. The van der Waals surface area contributed by atoms with Gasteiger partial charge < -0.3 is 5.32 Å². The third-order valence-corrected chi connectivity index (χ3v) is 2.30. The number of rotatable bonds is 3. The molecule has 1 atom stereocenters. The number of nitriles is 1. The average molecular weight is 166 g/mol. The first-order valence-corrected chi connectivity index (χ1v) is 4.38. The van der Waals surface area contributed by atoms with Crippen LogP contribution in [0.5, 0.6) is 0 Å². The fourth-order valence-corrected chi connectivity index (χ4v) is 1.73. The Hall–Kier alpha value is -1.01. The van der Waals surface area contributed by atoms with Crippen LogP contribution in [0.3, 0.4) is 0 Å². The first-order chi connectivity index (χ1) is 5.33. The largest absolute Gasteiger partial charge is 0.321 e. The molecular weight excluding hydrogens is 156 g/mol. The molecule has 1 aromatic rings. The van der Waals surface area contributed by atoms with Gasteiger partial charge in [0.25, 0.3) is 0 Å². The zero-order valence-electron chi connectivity index (χ0n) is 6.37. The van der Waals surface area contributed by atoms with Gasteiger partial charge >= 0.3 is 0 Å². The molecule has 0 spiro atoms. The van der Waals surface area contributed by atoms with Crippen LogP contribution in [0.25, 0.3) is 0 Å². The lowest BCUT2D eigenvalue weighted by molar-refractivity contribution is 0.650. The molecule has 1 heterocycles. The van der Waals surface area contributed by atoms with Crippen LogP contribution >= 0.6 is 11.3 Å². The van der Waals surface area contributed by atoms with Crippen molar-refractivity contribution in [1.29, 1.82) is 5.26 Å². The normalized spacial score (nSPS) is 12.0. The molecule has 0 radical (unpaired) electrons. The van der Waals surface area contributed by atoms with Crippen molar-refractivity contribution < 1.29 is 0 Å². The van der Waals surface area contributed by atoms with Gasteiger partial charge in [0.2, 0.25) is 0 Å². The second-order valence-electron chi connectivity index (χ2n) is 2.44. The molecule has 0 aliphatic rings. The van der Waals surface area contributed by atoms with Gasteiger partial charge in [0.1, 0.15) is 0 Å². The SMILES string of the molecule is CC(Cc1cccs1)NC#N. The van der Waals surface area contributed by atoms with Gasteiger partial charge in [-0.25, -0.2) is 0 Å². The summed E-state index contributed by atoms with van der Waals surface area (Å²) < 4.78 is 0. The Kier molecular flexibility index (Phi) is 2.94. The van der Waals surface area contributed by atoms with E-state index in [1.165, 1.54) is 4.88 Å². The molecule has 1 unspecified atom stereocenters. The van der Waals surface area contributed by atoms with Crippen molar-refractivity contribution in [3.63, 3.8) is 0 Å². The van der Waals surface area contributed by atoms with Crippen LogP contribution in [-0.2, 0) is 6.42 Å². The highest BCUT2D eigenvalue weighted by Gasteiger charge is 2.01. The van der Waals surface area contributed by atoms with E-state index in [2.05, 4.69) is 16.8 Å². The van der Waals surface area contributed by atoms with E-state index >= 15 is 0 Å². The van der Waals surface area contributed by atoms with E-state index in [1.807, 2.05) is 19.2 Å². The van der Waals surface area contributed by atoms with E-state index in [0.29, 0.717) is 0 Å². The van der Waals surface area contributed by atoms with E-state index in [1.54, 1.807) is 11.3 Å². The lowest BCUT2D eigenvalue weighted by atomic mass is 10.2. The van der Waals surface area contributed by atoms with Gasteiger partial charge in [-0.3, -0.25) is 0 Å². The van der Waals surface area contributed by atoms with Gasteiger partial charge in [-0.05, 0) is 18.4 Å². The lowest BCUT2D eigenvalue weighted by Gasteiger charge is -2.05. The summed E-state index contributed by atoms with van der Waals surface area (Å²) in [4.78, 5) is 1.32. The molecule has 0 aliphatic carbocycles. The molecule has 0 aromatic carbocycles. The third-order valence-electron chi connectivity index (χ3n) is 1.40. The van der Waals surface area contributed by atoms with Crippen LogP contribution in [-0.4, -0.2) is 6.04 Å². The smallest absolute Gasteiger partial charge is 0.176 e. The first-order valence-electron chi connectivity index (χ1n) is 3.50. The predicted octanol–water partition coefficient (Wildman–Crippen LogP) is 1.75. The molecule has 1 rings (SSSR count). The molecule has 58 valence electrons. The first kappa shape index (κ1) is 8.09. The Morgan fingerprint density at radius 1 is 1.82 bits per heavy atom. The fraction of sp³-hybridized carbons (Fsp3) is 0.375. The van der Waals surface area contributed by atoms with Gasteiger partial charge in [-0.2, -0.15) is 5.26 Å². The van der Waals surface area contributed by atoms with Crippen molar-refractivity contribution in [3.8, 4) is 6.19 Å². The summed E-state index contributed by atoms with van der Waals surface area (Å²) in [6.07, 6.45) is 2.87. The Balaban J connectivity index is 2.38. The van der Waals surface area contributed by atoms with Crippen LogP contribution in [0.15, 0.2) is 17.5 Å². The van der Waals surface area contributed by atoms with Crippen molar-refractivity contribution in [1.82, 2.24) is 5.32 Å². The molecule has 0 bridgehead atoms. The third kappa shape index (κ3) is 2.60.